The van der Waals surface area contributed by atoms with Crippen molar-refractivity contribution in [1.82, 2.24) is 4.98 Å². The van der Waals surface area contributed by atoms with Gasteiger partial charge < -0.3 is 20.1 Å². The molecule has 0 bridgehead atoms. The molecule has 5 nitrogen and oxygen atoms in total. The summed E-state index contributed by atoms with van der Waals surface area (Å²) in [6.07, 6.45) is 1.54. The van der Waals surface area contributed by atoms with E-state index in [0.717, 1.165) is 0 Å². The molecule has 0 atom stereocenters. The van der Waals surface area contributed by atoms with E-state index in [0.29, 0.717) is 10.0 Å². The largest absolute Gasteiger partial charge is 0.481 e. The highest BCUT2D eigenvalue weighted by Gasteiger charge is 2.34. The molecule has 1 aromatic rings. The normalized spacial score (nSPS) is 11.6. The van der Waals surface area contributed by atoms with Gasteiger partial charge in [0.1, 0.15) is 0 Å². The van der Waals surface area contributed by atoms with E-state index in [2.05, 4.69) is 20.9 Å². The molecule has 6 heteroatoms. The molecule has 0 amide bonds. The Labute approximate surface area is 102 Å². The SMILES string of the molecule is COc1ncc(Br)cc1C(CO)(CO)CO. The quantitative estimate of drug-likeness (QED) is 0.715. The van der Waals surface area contributed by atoms with Crippen LogP contribution in [0.3, 0.4) is 0 Å². The lowest BCUT2D eigenvalue weighted by Gasteiger charge is -2.28. The van der Waals surface area contributed by atoms with Crippen molar-refractivity contribution in [2.75, 3.05) is 26.9 Å². The van der Waals surface area contributed by atoms with Gasteiger partial charge in [0.2, 0.25) is 5.88 Å². The highest BCUT2D eigenvalue weighted by Crippen LogP contribution is 2.31. The number of aliphatic hydroxyl groups is 3. The lowest BCUT2D eigenvalue weighted by molar-refractivity contribution is 0.0619. The van der Waals surface area contributed by atoms with Crippen LogP contribution >= 0.6 is 15.9 Å². The first-order valence-corrected chi connectivity index (χ1v) is 5.45. The van der Waals surface area contributed by atoms with Crippen LogP contribution in [0.4, 0.5) is 0 Å². The summed E-state index contributed by atoms with van der Waals surface area (Å²) in [5.74, 6) is 0.278. The van der Waals surface area contributed by atoms with E-state index in [-0.39, 0.29) is 5.88 Å². The standard InChI is InChI=1S/C10H14BrNO4/c1-16-9-8(2-7(11)3-12-9)10(4-13,5-14)6-15/h2-3,13-15H,4-6H2,1H3. The van der Waals surface area contributed by atoms with Gasteiger partial charge in [-0.15, -0.1) is 0 Å². The molecule has 0 unspecified atom stereocenters. The first kappa shape index (κ1) is 13.4. The lowest BCUT2D eigenvalue weighted by atomic mass is 9.83. The average Bonchev–Trinajstić information content (AvgIpc) is 2.32. The summed E-state index contributed by atoms with van der Waals surface area (Å²) in [5.41, 5.74) is -0.681. The van der Waals surface area contributed by atoms with E-state index in [1.807, 2.05) is 0 Å². The number of rotatable bonds is 5. The van der Waals surface area contributed by atoms with Crippen molar-refractivity contribution < 1.29 is 20.1 Å². The number of aliphatic hydroxyl groups excluding tert-OH is 3. The van der Waals surface area contributed by atoms with Gasteiger partial charge in [0.15, 0.2) is 0 Å². The Hall–Kier alpha value is -0.690. The molecule has 0 spiro atoms. The van der Waals surface area contributed by atoms with Gasteiger partial charge in [-0.05, 0) is 22.0 Å². The van der Waals surface area contributed by atoms with Crippen LogP contribution < -0.4 is 4.74 Å². The zero-order chi connectivity index (χ0) is 12.2. The van der Waals surface area contributed by atoms with Crippen LogP contribution in [0.15, 0.2) is 16.7 Å². The summed E-state index contributed by atoms with van der Waals surface area (Å²) in [5, 5.41) is 28.0. The van der Waals surface area contributed by atoms with Gasteiger partial charge >= 0.3 is 0 Å². The number of nitrogens with zero attached hydrogens (tertiary/aromatic N) is 1. The maximum atomic E-state index is 9.32. The average molecular weight is 292 g/mol. The summed E-state index contributed by atoms with van der Waals surface area (Å²) in [7, 11) is 1.44. The molecule has 0 saturated carbocycles. The van der Waals surface area contributed by atoms with E-state index in [4.69, 9.17) is 4.74 Å². The summed E-state index contributed by atoms with van der Waals surface area (Å²) < 4.78 is 5.73. The fourth-order valence-corrected chi connectivity index (χ4v) is 1.71. The Morgan fingerprint density at radius 2 is 1.88 bits per heavy atom. The molecule has 1 heterocycles. The summed E-state index contributed by atoms with van der Waals surface area (Å²) >= 11 is 3.24. The number of hydrogen-bond donors (Lipinski definition) is 3. The van der Waals surface area contributed by atoms with Crippen LogP contribution in [0.2, 0.25) is 0 Å². The molecule has 0 aliphatic carbocycles. The molecule has 0 saturated heterocycles. The Morgan fingerprint density at radius 1 is 1.31 bits per heavy atom. The van der Waals surface area contributed by atoms with Gasteiger partial charge in [-0.2, -0.15) is 0 Å². The predicted octanol–water partition coefficient (Wildman–Crippen LogP) is 0.0674. The van der Waals surface area contributed by atoms with E-state index in [9.17, 15) is 15.3 Å². The molecule has 0 radical (unpaired) electrons. The van der Waals surface area contributed by atoms with Gasteiger partial charge in [0, 0.05) is 16.2 Å². The number of ether oxygens (including phenoxy) is 1. The van der Waals surface area contributed by atoms with Crippen molar-refractivity contribution in [1.29, 1.82) is 0 Å². The van der Waals surface area contributed by atoms with E-state index < -0.39 is 25.2 Å². The minimum absolute atomic E-state index is 0.278. The second-order valence-corrected chi connectivity index (χ2v) is 4.38. The molecule has 0 aliphatic heterocycles. The van der Waals surface area contributed by atoms with E-state index >= 15 is 0 Å². The predicted molar refractivity (Wildman–Crippen MR) is 61.4 cm³/mol. The van der Waals surface area contributed by atoms with Crippen LogP contribution in [-0.2, 0) is 5.41 Å². The maximum Gasteiger partial charge on any atom is 0.217 e. The lowest BCUT2D eigenvalue weighted by Crippen LogP contribution is -2.39. The van der Waals surface area contributed by atoms with Gasteiger partial charge in [-0.3, -0.25) is 0 Å². The maximum absolute atomic E-state index is 9.32. The van der Waals surface area contributed by atoms with E-state index in [1.54, 1.807) is 12.3 Å². The Balaban J connectivity index is 3.32. The summed E-state index contributed by atoms with van der Waals surface area (Å²) in [6.45, 7) is -1.18. The number of halogens is 1. The third-order valence-electron chi connectivity index (χ3n) is 2.49. The third-order valence-corrected chi connectivity index (χ3v) is 2.92. The zero-order valence-corrected chi connectivity index (χ0v) is 10.4. The second-order valence-electron chi connectivity index (χ2n) is 3.47. The van der Waals surface area contributed by atoms with Crippen LogP contribution in [0.1, 0.15) is 5.56 Å². The molecular weight excluding hydrogens is 278 g/mol. The molecule has 90 valence electrons. The number of methoxy groups -OCH3 is 1. The Morgan fingerprint density at radius 3 is 2.31 bits per heavy atom. The van der Waals surface area contributed by atoms with Crippen LogP contribution in [-0.4, -0.2) is 47.2 Å². The van der Waals surface area contributed by atoms with Crippen molar-refractivity contribution >= 4 is 15.9 Å². The highest BCUT2D eigenvalue weighted by molar-refractivity contribution is 9.10. The first-order valence-electron chi connectivity index (χ1n) is 4.66. The fraction of sp³-hybridized carbons (Fsp3) is 0.500. The van der Waals surface area contributed by atoms with Gasteiger partial charge in [0.25, 0.3) is 0 Å². The van der Waals surface area contributed by atoms with Crippen LogP contribution in [0.5, 0.6) is 5.88 Å². The van der Waals surface area contributed by atoms with Crippen molar-refractivity contribution in [3.8, 4) is 5.88 Å². The molecule has 0 fully saturated rings. The smallest absolute Gasteiger partial charge is 0.217 e. The minimum Gasteiger partial charge on any atom is -0.481 e. The van der Waals surface area contributed by atoms with Gasteiger partial charge in [0.05, 0.1) is 32.3 Å². The molecule has 1 rings (SSSR count). The molecule has 1 aromatic heterocycles. The molecule has 16 heavy (non-hydrogen) atoms. The minimum atomic E-state index is -1.15. The van der Waals surface area contributed by atoms with Crippen LogP contribution in [0.25, 0.3) is 0 Å². The highest BCUT2D eigenvalue weighted by atomic mass is 79.9. The molecular formula is C10H14BrNO4. The molecule has 3 N–H and O–H groups in total. The van der Waals surface area contributed by atoms with Gasteiger partial charge in [-0.25, -0.2) is 4.98 Å². The fourth-order valence-electron chi connectivity index (χ4n) is 1.37. The second kappa shape index (κ2) is 5.58. The number of hydrogen-bond acceptors (Lipinski definition) is 5. The number of aromatic nitrogens is 1. The number of pyridine rings is 1. The Kier molecular flexibility index (Phi) is 4.67. The summed E-state index contributed by atoms with van der Waals surface area (Å²) in [4.78, 5) is 4.00. The topological polar surface area (TPSA) is 82.8 Å². The third kappa shape index (κ3) is 2.35. The van der Waals surface area contributed by atoms with Crippen molar-refractivity contribution in [2.24, 2.45) is 0 Å². The summed E-state index contributed by atoms with van der Waals surface area (Å²) in [6, 6.07) is 1.66. The first-order chi connectivity index (χ1) is 7.63. The Bertz CT molecular complexity index is 346. The zero-order valence-electron chi connectivity index (χ0n) is 8.85. The van der Waals surface area contributed by atoms with Gasteiger partial charge in [-0.1, -0.05) is 0 Å². The van der Waals surface area contributed by atoms with E-state index in [1.165, 1.54) is 7.11 Å². The van der Waals surface area contributed by atoms with Crippen molar-refractivity contribution in [3.05, 3.63) is 22.3 Å². The van der Waals surface area contributed by atoms with Crippen LogP contribution in [0, 0.1) is 0 Å². The van der Waals surface area contributed by atoms with Crippen molar-refractivity contribution in [3.63, 3.8) is 0 Å². The monoisotopic (exact) mass is 291 g/mol. The molecule has 0 aromatic carbocycles. The van der Waals surface area contributed by atoms with Crippen molar-refractivity contribution in [2.45, 2.75) is 5.41 Å². The molecule has 0 aliphatic rings.